The van der Waals surface area contributed by atoms with Crippen molar-refractivity contribution in [3.63, 3.8) is 0 Å². The molecule has 0 radical (unpaired) electrons. The minimum absolute atomic E-state index is 0.647. The molecule has 0 aromatic carbocycles. The van der Waals surface area contributed by atoms with Crippen molar-refractivity contribution in [2.75, 3.05) is 42.2 Å². The number of anilines is 3. The quantitative estimate of drug-likeness (QED) is 0.842. The molecule has 1 aliphatic carbocycles. The molecular formula is C13H22N6. The Kier molecular flexibility index (Phi) is 3.66. The van der Waals surface area contributed by atoms with Crippen LogP contribution >= 0.6 is 0 Å². The van der Waals surface area contributed by atoms with Gasteiger partial charge in [-0.15, -0.1) is 0 Å². The zero-order chi connectivity index (χ0) is 13.1. The first-order chi connectivity index (χ1) is 9.35. The van der Waals surface area contributed by atoms with Crippen LogP contribution in [0.1, 0.15) is 32.1 Å². The molecule has 6 heteroatoms. The van der Waals surface area contributed by atoms with Gasteiger partial charge in [0.25, 0.3) is 0 Å². The van der Waals surface area contributed by atoms with Gasteiger partial charge in [0.1, 0.15) is 0 Å². The first-order valence-corrected chi connectivity index (χ1v) is 7.28. The van der Waals surface area contributed by atoms with Gasteiger partial charge in [0.15, 0.2) is 0 Å². The van der Waals surface area contributed by atoms with Crippen molar-refractivity contribution < 1.29 is 0 Å². The van der Waals surface area contributed by atoms with Crippen LogP contribution < -0.4 is 15.5 Å². The van der Waals surface area contributed by atoms with Gasteiger partial charge in [0.05, 0.1) is 0 Å². The SMILES string of the molecule is CNc1nc(NCC2CC2)nc(N2CCCCC2)n1. The van der Waals surface area contributed by atoms with E-state index in [1.54, 1.807) is 0 Å². The van der Waals surface area contributed by atoms with Crippen LogP contribution in [0.3, 0.4) is 0 Å². The molecule has 19 heavy (non-hydrogen) atoms. The van der Waals surface area contributed by atoms with Crippen LogP contribution in [0.4, 0.5) is 17.8 Å². The molecule has 0 amide bonds. The third-order valence-corrected chi connectivity index (χ3v) is 3.73. The highest BCUT2D eigenvalue weighted by Gasteiger charge is 2.22. The average molecular weight is 262 g/mol. The van der Waals surface area contributed by atoms with Crippen molar-refractivity contribution >= 4 is 17.8 Å². The molecule has 1 saturated carbocycles. The summed E-state index contributed by atoms with van der Waals surface area (Å²) in [6, 6.07) is 0. The van der Waals surface area contributed by atoms with Crippen molar-refractivity contribution in [3.05, 3.63) is 0 Å². The fourth-order valence-corrected chi connectivity index (χ4v) is 2.35. The molecule has 104 valence electrons. The lowest BCUT2D eigenvalue weighted by Crippen LogP contribution is -2.31. The Labute approximate surface area is 114 Å². The van der Waals surface area contributed by atoms with Crippen molar-refractivity contribution in [2.24, 2.45) is 5.92 Å². The van der Waals surface area contributed by atoms with Crippen LogP contribution in [0.25, 0.3) is 0 Å². The maximum atomic E-state index is 4.56. The van der Waals surface area contributed by atoms with Gasteiger partial charge in [-0.25, -0.2) is 0 Å². The Bertz CT molecular complexity index is 425. The number of hydrogen-bond acceptors (Lipinski definition) is 6. The lowest BCUT2D eigenvalue weighted by molar-refractivity contribution is 0.568. The number of nitrogens with zero attached hydrogens (tertiary/aromatic N) is 4. The van der Waals surface area contributed by atoms with E-state index in [0.717, 1.165) is 31.5 Å². The van der Waals surface area contributed by atoms with Crippen molar-refractivity contribution in [3.8, 4) is 0 Å². The van der Waals surface area contributed by atoms with Gasteiger partial charge >= 0.3 is 0 Å². The molecule has 2 aliphatic rings. The average Bonchev–Trinajstić information content (AvgIpc) is 3.30. The minimum Gasteiger partial charge on any atom is -0.357 e. The van der Waals surface area contributed by atoms with Crippen molar-refractivity contribution in [2.45, 2.75) is 32.1 Å². The van der Waals surface area contributed by atoms with E-state index in [2.05, 4.69) is 30.5 Å². The first kappa shape index (κ1) is 12.4. The maximum Gasteiger partial charge on any atom is 0.231 e. The summed E-state index contributed by atoms with van der Waals surface area (Å²) in [7, 11) is 1.85. The van der Waals surface area contributed by atoms with E-state index < -0.39 is 0 Å². The highest BCUT2D eigenvalue weighted by molar-refractivity contribution is 5.43. The molecule has 2 fully saturated rings. The van der Waals surface area contributed by atoms with E-state index in [9.17, 15) is 0 Å². The smallest absolute Gasteiger partial charge is 0.231 e. The highest BCUT2D eigenvalue weighted by atomic mass is 15.3. The Hall–Kier alpha value is -1.59. The van der Waals surface area contributed by atoms with Crippen molar-refractivity contribution in [1.29, 1.82) is 0 Å². The van der Waals surface area contributed by atoms with Gasteiger partial charge in [0, 0.05) is 26.7 Å². The summed E-state index contributed by atoms with van der Waals surface area (Å²) in [5.41, 5.74) is 0. The molecule has 6 nitrogen and oxygen atoms in total. The Morgan fingerprint density at radius 1 is 1.05 bits per heavy atom. The molecule has 2 heterocycles. The first-order valence-electron chi connectivity index (χ1n) is 7.28. The molecule has 0 unspecified atom stereocenters. The molecule has 1 saturated heterocycles. The van der Waals surface area contributed by atoms with E-state index in [0.29, 0.717) is 11.9 Å². The topological polar surface area (TPSA) is 66.0 Å². The molecule has 0 spiro atoms. The fourth-order valence-electron chi connectivity index (χ4n) is 2.35. The molecule has 3 rings (SSSR count). The van der Waals surface area contributed by atoms with Crippen LogP contribution in [-0.4, -0.2) is 41.6 Å². The molecule has 0 bridgehead atoms. The van der Waals surface area contributed by atoms with E-state index in [4.69, 9.17) is 0 Å². The summed E-state index contributed by atoms with van der Waals surface area (Å²) in [5.74, 6) is 2.96. The van der Waals surface area contributed by atoms with Crippen LogP contribution in [0.15, 0.2) is 0 Å². The summed E-state index contributed by atoms with van der Waals surface area (Å²) in [6.07, 6.45) is 6.43. The third-order valence-electron chi connectivity index (χ3n) is 3.73. The summed E-state index contributed by atoms with van der Waals surface area (Å²) >= 11 is 0. The second-order valence-corrected chi connectivity index (χ2v) is 5.40. The predicted molar refractivity (Wildman–Crippen MR) is 76.7 cm³/mol. The van der Waals surface area contributed by atoms with E-state index in [1.165, 1.54) is 32.1 Å². The summed E-state index contributed by atoms with van der Waals surface area (Å²) in [4.78, 5) is 15.7. The second kappa shape index (κ2) is 5.59. The lowest BCUT2D eigenvalue weighted by Gasteiger charge is -2.26. The summed E-state index contributed by atoms with van der Waals surface area (Å²) in [6.45, 7) is 3.08. The number of hydrogen-bond donors (Lipinski definition) is 2. The number of rotatable bonds is 5. The third kappa shape index (κ3) is 3.24. The van der Waals surface area contributed by atoms with Crippen LogP contribution in [-0.2, 0) is 0 Å². The number of piperidine rings is 1. The van der Waals surface area contributed by atoms with Gasteiger partial charge in [-0.2, -0.15) is 15.0 Å². The van der Waals surface area contributed by atoms with Gasteiger partial charge in [0.2, 0.25) is 17.8 Å². The second-order valence-electron chi connectivity index (χ2n) is 5.40. The summed E-state index contributed by atoms with van der Waals surface area (Å²) < 4.78 is 0. The predicted octanol–water partition coefficient (Wildman–Crippen LogP) is 1.73. The van der Waals surface area contributed by atoms with Crippen LogP contribution in [0.2, 0.25) is 0 Å². The number of aromatic nitrogens is 3. The van der Waals surface area contributed by atoms with Gasteiger partial charge in [-0.1, -0.05) is 0 Å². The van der Waals surface area contributed by atoms with Crippen molar-refractivity contribution in [1.82, 2.24) is 15.0 Å². The lowest BCUT2D eigenvalue weighted by atomic mass is 10.1. The number of nitrogens with one attached hydrogen (secondary N) is 2. The molecular weight excluding hydrogens is 240 g/mol. The summed E-state index contributed by atoms with van der Waals surface area (Å²) in [5, 5.41) is 6.35. The Morgan fingerprint density at radius 2 is 1.79 bits per heavy atom. The highest BCUT2D eigenvalue weighted by Crippen LogP contribution is 2.28. The van der Waals surface area contributed by atoms with Gasteiger partial charge in [-0.3, -0.25) is 0 Å². The normalized spacial score (nSPS) is 19.3. The van der Waals surface area contributed by atoms with E-state index in [1.807, 2.05) is 7.05 Å². The maximum absolute atomic E-state index is 4.56. The standard InChI is InChI=1S/C13H22N6/c1-14-11-16-12(15-9-10-5-6-10)18-13(17-11)19-7-3-2-4-8-19/h10H,2-9H2,1H3,(H2,14,15,16,17,18). The molecule has 1 aromatic rings. The molecule has 1 aliphatic heterocycles. The van der Waals surface area contributed by atoms with E-state index in [-0.39, 0.29) is 0 Å². The van der Waals surface area contributed by atoms with E-state index >= 15 is 0 Å². The van der Waals surface area contributed by atoms with Crippen LogP contribution in [0, 0.1) is 5.92 Å². The Morgan fingerprint density at radius 3 is 2.47 bits per heavy atom. The minimum atomic E-state index is 0.647. The zero-order valence-electron chi connectivity index (χ0n) is 11.5. The monoisotopic (exact) mass is 262 g/mol. The van der Waals surface area contributed by atoms with Gasteiger partial charge in [-0.05, 0) is 38.0 Å². The fraction of sp³-hybridized carbons (Fsp3) is 0.769. The molecule has 0 atom stereocenters. The Balaban J connectivity index is 1.74. The largest absolute Gasteiger partial charge is 0.357 e. The molecule has 1 aromatic heterocycles. The molecule has 2 N–H and O–H groups in total. The van der Waals surface area contributed by atoms with Crippen LogP contribution in [0.5, 0.6) is 0 Å². The zero-order valence-corrected chi connectivity index (χ0v) is 11.5. The van der Waals surface area contributed by atoms with Gasteiger partial charge < -0.3 is 15.5 Å².